The number of hydrogen-bond acceptors (Lipinski definition) is 26. The summed E-state index contributed by atoms with van der Waals surface area (Å²) in [4.78, 5) is 23.8. The van der Waals surface area contributed by atoms with Gasteiger partial charge in [-0.3, -0.25) is 22.9 Å². The summed E-state index contributed by atoms with van der Waals surface area (Å²) in [6.07, 6.45) is 2.92. The van der Waals surface area contributed by atoms with Gasteiger partial charge >= 0.3 is 73.9 Å². The molecule has 0 bridgehead atoms. The van der Waals surface area contributed by atoms with Gasteiger partial charge in [-0.25, -0.2) is 4.79 Å². The molecule has 2 fully saturated rings. The molecule has 0 saturated carbocycles. The Balaban J connectivity index is -0.00000127. The van der Waals surface area contributed by atoms with Crippen LogP contribution in [0.1, 0.15) is 105 Å². The quantitative estimate of drug-likeness (QED) is 0.0144. The zero-order chi connectivity index (χ0) is 81.2. The number of aliphatic hydroxyl groups is 4. The fourth-order valence-electron chi connectivity index (χ4n) is 8.79. The Morgan fingerprint density at radius 3 is 1.30 bits per heavy atom. The van der Waals surface area contributed by atoms with E-state index in [9.17, 15) is 19.8 Å². The minimum atomic E-state index is -0.902. The van der Waals surface area contributed by atoms with E-state index in [2.05, 4.69) is 144 Å². The summed E-state index contributed by atoms with van der Waals surface area (Å²) in [6, 6.07) is 61.1. The summed E-state index contributed by atoms with van der Waals surface area (Å²) in [5.41, 5.74) is 6.04. The summed E-state index contributed by atoms with van der Waals surface area (Å²) < 4.78 is 67.4. The van der Waals surface area contributed by atoms with Crippen LogP contribution >= 0.6 is 76.0 Å². The molecule has 601 valence electrons. The molecule has 0 aliphatic carbocycles. The van der Waals surface area contributed by atoms with Crippen LogP contribution in [0.4, 0.5) is 0 Å². The number of aromatic nitrogens is 5. The van der Waals surface area contributed by atoms with Gasteiger partial charge in [-0.1, -0.05) is 207 Å². The number of hydrogen-bond donors (Lipinski definition) is 4. The van der Waals surface area contributed by atoms with Crippen LogP contribution in [0.5, 0.6) is 29.4 Å². The third kappa shape index (κ3) is 42.9. The second kappa shape index (κ2) is 69.1. The van der Waals surface area contributed by atoms with Crippen molar-refractivity contribution in [2.24, 2.45) is 0 Å². The number of rotatable bonds is 24. The van der Waals surface area contributed by atoms with Gasteiger partial charge in [0.2, 0.25) is 11.5 Å². The summed E-state index contributed by atoms with van der Waals surface area (Å²) >= 11 is 15.2. The molecule has 0 unspecified atom stereocenters. The summed E-state index contributed by atoms with van der Waals surface area (Å²) in [5, 5.41) is 64.8. The maximum absolute atomic E-state index is 12.2. The Morgan fingerprint density at radius 1 is 0.565 bits per heavy atom. The number of nitrogens with zero attached hydrogens (tertiary/aromatic N) is 6. The van der Waals surface area contributed by atoms with Crippen LogP contribution in [0.2, 0.25) is 0 Å². The van der Waals surface area contributed by atoms with Crippen molar-refractivity contribution in [2.45, 2.75) is 84.3 Å². The van der Waals surface area contributed by atoms with Crippen LogP contribution in [-0.4, -0.2) is 132 Å². The number of ether oxygens (including phenoxy) is 8. The van der Waals surface area contributed by atoms with Crippen molar-refractivity contribution < 1.29 is 165 Å². The summed E-state index contributed by atoms with van der Waals surface area (Å²) in [5.74, 6) is 2.23. The van der Waals surface area contributed by atoms with E-state index in [1.54, 1.807) is 6.07 Å². The number of halogens is 5. The zero-order valence-electron chi connectivity index (χ0n) is 65.4. The molecular formula is C80H89BBr5LiN6NaO20Zn. The van der Waals surface area contributed by atoms with Crippen molar-refractivity contribution in [3.63, 3.8) is 0 Å². The van der Waals surface area contributed by atoms with Gasteiger partial charge < -0.3 is 101 Å². The Kier molecular flexibility index (Phi) is 66.2. The molecule has 7 heterocycles. The Bertz CT molecular complexity index is 4190. The number of morpholine rings is 1. The number of carbonyl (C=O) groups is 2. The maximum atomic E-state index is 12.2. The minimum absolute atomic E-state index is 0. The second-order valence-electron chi connectivity index (χ2n) is 21.7. The molecule has 11 aromatic rings. The second-order valence-corrected chi connectivity index (χ2v) is 24.1. The number of methoxy groups -OCH3 is 1. The van der Waals surface area contributed by atoms with Crippen molar-refractivity contribution >= 4 is 96.7 Å². The fraction of sp³-hybridized carbons (Fsp3) is 0.263. The molecular weight excluding hydrogens is 1870 g/mol. The topological polar surface area (TPSA) is 345 Å². The average molecular weight is 1960 g/mol. The van der Waals surface area contributed by atoms with E-state index in [0.29, 0.717) is 81.9 Å². The van der Waals surface area contributed by atoms with Crippen molar-refractivity contribution in [1.82, 2.24) is 30.7 Å². The molecule has 3 atom stereocenters. The predicted molar refractivity (Wildman–Crippen MR) is 437 cm³/mol. The minimum Gasteiger partial charge on any atom is -1.00 e. The van der Waals surface area contributed by atoms with Gasteiger partial charge in [-0.15, -0.1) is 6.58 Å². The van der Waals surface area contributed by atoms with Gasteiger partial charge in [-0.2, -0.15) is 0 Å². The van der Waals surface area contributed by atoms with Gasteiger partial charge in [0.15, 0.2) is 23.6 Å². The Labute approximate surface area is 761 Å². The van der Waals surface area contributed by atoms with Crippen LogP contribution in [0.15, 0.2) is 256 Å². The molecule has 0 spiro atoms. The van der Waals surface area contributed by atoms with E-state index in [-0.39, 0.29) is 126 Å². The number of carbonyl (C=O) groups excluding carboxylic acids is 2. The van der Waals surface area contributed by atoms with Gasteiger partial charge in [-0.05, 0) is 120 Å². The monoisotopic (exact) mass is 1950 g/mol. The molecule has 115 heavy (non-hydrogen) atoms. The first-order valence-electron chi connectivity index (χ1n) is 33.6. The van der Waals surface area contributed by atoms with E-state index in [1.165, 1.54) is 32.1 Å². The molecule has 2 saturated heterocycles. The SMILES string of the molecule is BrBr.C1CCOC1.C=C[C@@H](O)c1onc(OCc2ccccc2)c1Br.CO.COC(=O)c1cc(OCc2ccccc2)no1.C[C@H]([C@@H]([O-])c1ccccc1)N1CCOCC1.O=Cc1onc(OCc2ccccc2)c1Br.OCc1cc(OCc2ccccc2)no1.OCc1onc(OCc2ccccc2)c1Br.[B].[CH-]=C.[CH-]=C.[H-].[Li+].[Na+].[Zn+2]. The summed E-state index contributed by atoms with van der Waals surface area (Å²) in [7, 11) is 2.27. The van der Waals surface area contributed by atoms with E-state index in [4.69, 9.17) is 71.1 Å². The van der Waals surface area contributed by atoms with E-state index in [1.807, 2.05) is 189 Å². The molecule has 3 radical (unpaired) electrons. The molecule has 26 nitrogen and oxygen atoms in total. The Morgan fingerprint density at radius 2 is 0.939 bits per heavy atom. The van der Waals surface area contributed by atoms with Crippen LogP contribution < -0.4 is 77.2 Å². The molecule has 0 amide bonds. The zero-order valence-corrected chi connectivity index (χ0v) is 77.3. The first-order chi connectivity index (χ1) is 54.3. The van der Waals surface area contributed by atoms with Crippen molar-refractivity contribution in [3.8, 4) is 29.4 Å². The number of aldehydes is 1. The average Bonchev–Trinajstić information content (AvgIpc) is 1.67. The molecule has 2 aliphatic heterocycles. The van der Waals surface area contributed by atoms with Crippen molar-refractivity contribution in [1.29, 1.82) is 0 Å². The first kappa shape index (κ1) is 110. The summed E-state index contributed by atoms with van der Waals surface area (Å²) in [6.45, 7) is 26.3. The molecule has 4 N–H and O–H groups in total. The molecule has 2 aliphatic rings. The third-order valence-corrected chi connectivity index (χ3v) is 16.6. The fourth-order valence-corrected chi connectivity index (χ4v) is 10.0. The van der Waals surface area contributed by atoms with Crippen molar-refractivity contribution in [2.75, 3.05) is 53.7 Å². The first-order valence-corrected chi connectivity index (χ1v) is 39.7. The van der Waals surface area contributed by atoms with Gasteiger partial charge in [0, 0.05) is 76.1 Å². The normalized spacial score (nSPS) is 11.8. The van der Waals surface area contributed by atoms with Gasteiger partial charge in [0.1, 0.15) is 65.8 Å². The van der Waals surface area contributed by atoms with Gasteiger partial charge in [0.25, 0.3) is 29.4 Å². The number of esters is 1. The molecule has 35 heteroatoms. The van der Waals surface area contributed by atoms with E-state index >= 15 is 0 Å². The standard InChI is InChI=1S/C13H12BrNO3.C13H18NO2.C12H11NO4.C11H10BrNO3.C11H8BrNO3.C11H11NO3.C4H8O.2C2H3.CH4O.B.Br2.Li.Na.Zn.H/c1-2-10(16)12-11(14)13(15-18-12)17-8-9-6-4-3-5-7-9;1-11(14-7-9-16-10-8-14)13(15)12-5-3-2-4-6-12;1-15-12(14)10-7-11(13-17-10)16-8-9-5-3-2-4-6-9;2*12-10-9(6-14)16-13-11(10)15-7-8-4-2-1-3-5-8;13-7-10-6-11(12-15-10)14-8-9-4-2-1-3-5-9;1-2-4-5-3-1;3*1-2;;1-2;;;;/h2-7,10,16H,1,8H2;2-6,11,13H,7-10H2,1H3;2-7H,8H2,1H3;1-5,14H,6-7H2;1-6H,7H2;1-6,13H,7-8H2;1-4H2;2*1H,2H2;2H,1H3;;;;;;/q;-1;;;;;;2*-1;;;;2*+1;+2;-1/t10-;11-,13-;;;;;;;;;;;;;;/m11............../s1. The predicted octanol–water partition coefficient (Wildman–Crippen LogP) is 10.2. The van der Waals surface area contributed by atoms with Crippen LogP contribution in [0.3, 0.4) is 0 Å². The largest absolute Gasteiger partial charge is 2.00 e. The van der Waals surface area contributed by atoms with Crippen LogP contribution in [-0.2, 0) is 79.9 Å². The Hall–Kier alpha value is -6.90. The van der Waals surface area contributed by atoms with Crippen LogP contribution in [0.25, 0.3) is 0 Å². The number of aliphatic hydroxyl groups excluding tert-OH is 4. The van der Waals surface area contributed by atoms with E-state index < -0.39 is 18.2 Å². The molecule has 6 aromatic carbocycles. The van der Waals surface area contributed by atoms with Crippen molar-refractivity contribution in [3.05, 3.63) is 309 Å². The third-order valence-electron chi connectivity index (χ3n) is 14.4. The number of benzene rings is 6. The smallest absolute Gasteiger partial charge is 1.00 e. The van der Waals surface area contributed by atoms with E-state index in [0.717, 1.165) is 80.0 Å². The molecule has 5 aromatic heterocycles. The van der Waals surface area contributed by atoms with Gasteiger partial charge in [0.05, 0.1) is 26.4 Å². The molecule has 13 rings (SSSR count). The van der Waals surface area contributed by atoms with Crippen LogP contribution in [0, 0.1) is 13.2 Å². The maximum Gasteiger partial charge on any atom is 2.00 e.